The van der Waals surface area contributed by atoms with Crippen molar-refractivity contribution in [1.82, 2.24) is 5.43 Å². The monoisotopic (exact) mass is 347 g/mol. The van der Waals surface area contributed by atoms with E-state index in [9.17, 15) is 14.0 Å². The van der Waals surface area contributed by atoms with Gasteiger partial charge in [-0.25, -0.2) is 9.82 Å². The molecule has 2 rings (SSSR count). The molecule has 0 aliphatic heterocycles. The van der Waals surface area contributed by atoms with Gasteiger partial charge in [0.15, 0.2) is 0 Å². The van der Waals surface area contributed by atoms with Crippen molar-refractivity contribution in [2.24, 2.45) is 5.10 Å². The number of para-hydroxylation sites is 1. The maximum Gasteiger partial charge on any atom is 0.240 e. The van der Waals surface area contributed by atoms with Crippen molar-refractivity contribution in [2.75, 3.05) is 5.32 Å². The molecule has 0 aromatic heterocycles. The molecule has 0 aliphatic carbocycles. The molecule has 0 saturated carbocycles. The fourth-order valence-electron chi connectivity index (χ4n) is 1.81. The van der Waals surface area contributed by atoms with Gasteiger partial charge in [0, 0.05) is 23.4 Å². The highest BCUT2D eigenvalue weighted by Crippen LogP contribution is 2.13. The summed E-state index contributed by atoms with van der Waals surface area (Å²) < 4.78 is 13.4. The number of carbonyl (C=O) groups excluding carboxylic acids is 2. The van der Waals surface area contributed by atoms with Crippen LogP contribution in [0.15, 0.2) is 53.6 Å². The lowest BCUT2D eigenvalue weighted by Crippen LogP contribution is -2.21. The first-order chi connectivity index (χ1) is 11.6. The number of nitrogens with zero attached hydrogens (tertiary/aromatic N) is 1. The van der Waals surface area contributed by atoms with E-state index in [1.54, 1.807) is 30.3 Å². The van der Waals surface area contributed by atoms with Crippen LogP contribution in [0.1, 0.15) is 18.4 Å². The van der Waals surface area contributed by atoms with Crippen molar-refractivity contribution in [3.63, 3.8) is 0 Å². The van der Waals surface area contributed by atoms with Gasteiger partial charge in [-0.2, -0.15) is 5.10 Å². The third-order valence-corrected chi connectivity index (χ3v) is 3.37. The number of hydrogen-bond acceptors (Lipinski definition) is 3. The molecule has 2 N–H and O–H groups in total. The Hall–Kier alpha value is -2.73. The van der Waals surface area contributed by atoms with E-state index >= 15 is 0 Å². The molecule has 24 heavy (non-hydrogen) atoms. The predicted molar refractivity (Wildman–Crippen MR) is 91.5 cm³/mol. The molecular formula is C17H15ClFN3O2. The van der Waals surface area contributed by atoms with Gasteiger partial charge in [0.1, 0.15) is 5.82 Å². The highest BCUT2D eigenvalue weighted by Gasteiger charge is 2.08. The normalized spacial score (nSPS) is 10.6. The van der Waals surface area contributed by atoms with Crippen molar-refractivity contribution in [1.29, 1.82) is 0 Å². The molecule has 0 bridgehead atoms. The number of carbonyl (C=O) groups is 2. The third-order valence-electron chi connectivity index (χ3n) is 3.03. The Morgan fingerprint density at radius 2 is 1.71 bits per heavy atom. The molecule has 0 radical (unpaired) electrons. The van der Waals surface area contributed by atoms with Crippen LogP contribution in [0.25, 0.3) is 0 Å². The first kappa shape index (κ1) is 17.6. The molecule has 0 fully saturated rings. The number of hydrogen-bond donors (Lipinski definition) is 2. The van der Waals surface area contributed by atoms with E-state index in [0.717, 1.165) is 0 Å². The van der Waals surface area contributed by atoms with Crippen LogP contribution in [0.5, 0.6) is 0 Å². The molecule has 2 amide bonds. The summed E-state index contributed by atoms with van der Waals surface area (Å²) in [5.74, 6) is -1.41. The van der Waals surface area contributed by atoms with E-state index in [1.165, 1.54) is 24.4 Å². The quantitative estimate of drug-likeness (QED) is 0.621. The van der Waals surface area contributed by atoms with Gasteiger partial charge in [0.05, 0.1) is 11.9 Å². The molecule has 2 aromatic carbocycles. The first-order valence-electron chi connectivity index (χ1n) is 7.17. The van der Waals surface area contributed by atoms with E-state index in [-0.39, 0.29) is 18.5 Å². The molecule has 0 spiro atoms. The average molecular weight is 348 g/mol. The highest BCUT2D eigenvalue weighted by atomic mass is 35.5. The minimum atomic E-state index is -0.528. The lowest BCUT2D eigenvalue weighted by molar-refractivity contribution is -0.124. The SMILES string of the molecule is O=C(CCC(=O)Nc1ccccc1F)NN=Cc1ccccc1Cl. The van der Waals surface area contributed by atoms with Gasteiger partial charge >= 0.3 is 0 Å². The average Bonchev–Trinajstić information content (AvgIpc) is 2.57. The fourth-order valence-corrected chi connectivity index (χ4v) is 2.00. The number of benzene rings is 2. The van der Waals surface area contributed by atoms with Crippen LogP contribution in [0.3, 0.4) is 0 Å². The van der Waals surface area contributed by atoms with Gasteiger partial charge in [0.2, 0.25) is 11.8 Å². The lowest BCUT2D eigenvalue weighted by Gasteiger charge is -2.05. The molecule has 7 heteroatoms. The molecule has 0 heterocycles. The zero-order valence-electron chi connectivity index (χ0n) is 12.6. The largest absolute Gasteiger partial charge is 0.324 e. The number of halogens is 2. The Morgan fingerprint density at radius 1 is 1.04 bits per heavy atom. The van der Waals surface area contributed by atoms with Crippen molar-refractivity contribution in [3.8, 4) is 0 Å². The third kappa shape index (κ3) is 5.48. The Morgan fingerprint density at radius 3 is 2.46 bits per heavy atom. The fraction of sp³-hybridized carbons (Fsp3) is 0.118. The minimum Gasteiger partial charge on any atom is -0.324 e. The minimum absolute atomic E-state index is 0.0693. The molecule has 124 valence electrons. The van der Waals surface area contributed by atoms with Crippen LogP contribution in [0, 0.1) is 5.82 Å². The highest BCUT2D eigenvalue weighted by molar-refractivity contribution is 6.33. The van der Waals surface area contributed by atoms with Crippen molar-refractivity contribution < 1.29 is 14.0 Å². The van der Waals surface area contributed by atoms with Crippen LogP contribution in [0.4, 0.5) is 10.1 Å². The number of amides is 2. The van der Waals surface area contributed by atoms with Gasteiger partial charge < -0.3 is 5.32 Å². The van der Waals surface area contributed by atoms with Crippen LogP contribution >= 0.6 is 11.6 Å². The molecule has 2 aromatic rings. The number of nitrogens with one attached hydrogen (secondary N) is 2. The maximum atomic E-state index is 13.4. The summed E-state index contributed by atoms with van der Waals surface area (Å²) in [6.07, 6.45) is 1.27. The standard InChI is InChI=1S/C17H15ClFN3O2/c18-13-6-2-1-5-12(13)11-20-22-17(24)10-9-16(23)21-15-8-4-3-7-14(15)19/h1-8,11H,9-10H2,(H,21,23)(H,22,24). The van der Waals surface area contributed by atoms with E-state index < -0.39 is 17.6 Å². The van der Waals surface area contributed by atoms with Crippen LogP contribution in [-0.4, -0.2) is 18.0 Å². The van der Waals surface area contributed by atoms with Crippen LogP contribution < -0.4 is 10.7 Å². The molecule has 0 aliphatic rings. The van der Waals surface area contributed by atoms with Gasteiger partial charge in [-0.15, -0.1) is 0 Å². The Balaban J connectivity index is 1.76. The van der Waals surface area contributed by atoms with E-state index in [0.29, 0.717) is 10.6 Å². The number of anilines is 1. The second-order valence-corrected chi connectivity index (χ2v) is 5.25. The maximum absolute atomic E-state index is 13.4. The zero-order chi connectivity index (χ0) is 17.4. The summed E-state index contributed by atoms with van der Waals surface area (Å²) >= 11 is 5.94. The second-order valence-electron chi connectivity index (χ2n) is 4.84. The van der Waals surface area contributed by atoms with Crippen molar-refractivity contribution >= 4 is 35.3 Å². The lowest BCUT2D eigenvalue weighted by atomic mass is 10.2. The first-order valence-corrected chi connectivity index (χ1v) is 7.55. The summed E-state index contributed by atoms with van der Waals surface area (Å²) in [5, 5.41) is 6.70. The van der Waals surface area contributed by atoms with E-state index in [4.69, 9.17) is 11.6 Å². The zero-order valence-corrected chi connectivity index (χ0v) is 13.4. The summed E-state index contributed by atoms with van der Waals surface area (Å²) in [6.45, 7) is 0. The Kier molecular flexibility index (Phi) is 6.45. The smallest absolute Gasteiger partial charge is 0.240 e. The van der Waals surface area contributed by atoms with Crippen molar-refractivity contribution in [2.45, 2.75) is 12.8 Å². The van der Waals surface area contributed by atoms with Crippen LogP contribution in [-0.2, 0) is 9.59 Å². The summed E-state index contributed by atoms with van der Waals surface area (Å²) in [4.78, 5) is 23.3. The summed E-state index contributed by atoms with van der Waals surface area (Å²) in [7, 11) is 0. The second kappa shape index (κ2) is 8.79. The molecule has 0 atom stereocenters. The van der Waals surface area contributed by atoms with Gasteiger partial charge in [-0.3, -0.25) is 9.59 Å². The summed E-state index contributed by atoms with van der Waals surface area (Å²) in [5.41, 5.74) is 3.05. The molecule has 0 unspecified atom stereocenters. The van der Waals surface area contributed by atoms with Crippen molar-refractivity contribution in [3.05, 3.63) is 64.9 Å². The van der Waals surface area contributed by atoms with Gasteiger partial charge in [0.25, 0.3) is 0 Å². The molecule has 5 nitrogen and oxygen atoms in total. The Bertz CT molecular complexity index is 765. The summed E-state index contributed by atoms with van der Waals surface area (Å²) in [6, 6.07) is 12.9. The Labute approximate surface area is 143 Å². The van der Waals surface area contributed by atoms with E-state index in [2.05, 4.69) is 15.8 Å². The van der Waals surface area contributed by atoms with Gasteiger partial charge in [-0.1, -0.05) is 41.9 Å². The number of rotatable bonds is 6. The molecule has 0 saturated heterocycles. The molecular weight excluding hydrogens is 333 g/mol. The number of hydrazone groups is 1. The predicted octanol–water partition coefficient (Wildman–Crippen LogP) is 3.35. The van der Waals surface area contributed by atoms with Gasteiger partial charge in [-0.05, 0) is 18.2 Å². The van der Waals surface area contributed by atoms with Crippen LogP contribution in [0.2, 0.25) is 5.02 Å². The van der Waals surface area contributed by atoms with E-state index in [1.807, 2.05) is 0 Å². The topological polar surface area (TPSA) is 70.6 Å².